The zero-order valence-electron chi connectivity index (χ0n) is 13.6. The second-order valence-electron chi connectivity index (χ2n) is 5.45. The minimum absolute atomic E-state index is 0.114. The first-order valence-corrected chi connectivity index (χ1v) is 7.71. The molecule has 1 aliphatic rings. The van der Waals surface area contributed by atoms with Crippen LogP contribution in [-0.4, -0.2) is 30.1 Å². The SMILES string of the molecule is O=C(CNC(=O)c1cccc([N+](=O)[O-])c1)NCc1ccc2c(c1)OCO2. The number of non-ortho nitro benzene ring substituents is 1. The zero-order chi connectivity index (χ0) is 18.5. The van der Waals surface area contributed by atoms with E-state index in [0.717, 1.165) is 11.6 Å². The van der Waals surface area contributed by atoms with Crippen LogP contribution in [-0.2, 0) is 11.3 Å². The first kappa shape index (κ1) is 17.2. The van der Waals surface area contributed by atoms with Crippen molar-refractivity contribution in [3.05, 3.63) is 63.7 Å². The average molecular weight is 357 g/mol. The van der Waals surface area contributed by atoms with Gasteiger partial charge >= 0.3 is 0 Å². The predicted octanol–water partition coefficient (Wildman–Crippen LogP) is 1.37. The Morgan fingerprint density at radius 3 is 2.69 bits per heavy atom. The molecular weight excluding hydrogens is 342 g/mol. The van der Waals surface area contributed by atoms with E-state index in [1.54, 1.807) is 18.2 Å². The number of nitrogens with one attached hydrogen (secondary N) is 2. The highest BCUT2D eigenvalue weighted by molar-refractivity contribution is 5.96. The summed E-state index contributed by atoms with van der Waals surface area (Å²) in [6.45, 7) is 0.197. The topological polar surface area (TPSA) is 120 Å². The molecule has 2 N–H and O–H groups in total. The van der Waals surface area contributed by atoms with E-state index in [1.807, 2.05) is 0 Å². The Morgan fingerprint density at radius 2 is 1.88 bits per heavy atom. The van der Waals surface area contributed by atoms with E-state index < -0.39 is 10.8 Å². The van der Waals surface area contributed by atoms with Gasteiger partial charge < -0.3 is 20.1 Å². The number of amides is 2. The standard InChI is InChI=1S/C17H15N3O6/c21-16(18-8-11-4-5-14-15(6-11)26-10-25-14)9-19-17(22)12-2-1-3-13(7-12)20(23)24/h1-7H,8-10H2,(H,18,21)(H,19,22). The van der Waals surface area contributed by atoms with Crippen molar-refractivity contribution in [3.63, 3.8) is 0 Å². The van der Waals surface area contributed by atoms with Crippen molar-refractivity contribution in [2.75, 3.05) is 13.3 Å². The van der Waals surface area contributed by atoms with E-state index in [1.165, 1.54) is 18.2 Å². The highest BCUT2D eigenvalue weighted by Gasteiger charge is 2.14. The van der Waals surface area contributed by atoms with Crippen LogP contribution in [0.3, 0.4) is 0 Å². The zero-order valence-corrected chi connectivity index (χ0v) is 13.6. The number of fused-ring (bicyclic) bond motifs is 1. The minimum Gasteiger partial charge on any atom is -0.454 e. The van der Waals surface area contributed by atoms with E-state index in [4.69, 9.17) is 9.47 Å². The Kier molecular flexibility index (Phi) is 4.97. The van der Waals surface area contributed by atoms with Crippen molar-refractivity contribution in [1.29, 1.82) is 0 Å². The third-order valence-corrected chi connectivity index (χ3v) is 3.66. The summed E-state index contributed by atoms with van der Waals surface area (Å²) >= 11 is 0. The molecule has 0 aromatic heterocycles. The number of carbonyl (C=O) groups is 2. The number of nitro groups is 1. The lowest BCUT2D eigenvalue weighted by Gasteiger charge is -2.08. The molecule has 0 saturated carbocycles. The number of rotatable bonds is 6. The molecule has 3 rings (SSSR count). The van der Waals surface area contributed by atoms with Crippen LogP contribution >= 0.6 is 0 Å². The summed E-state index contributed by atoms with van der Waals surface area (Å²) in [5.41, 5.74) is 0.750. The summed E-state index contributed by atoms with van der Waals surface area (Å²) in [5, 5.41) is 15.8. The molecule has 2 aromatic carbocycles. The summed E-state index contributed by atoms with van der Waals surface area (Å²) in [5.74, 6) is 0.327. The minimum atomic E-state index is -0.588. The second kappa shape index (κ2) is 7.51. The number of nitrogens with zero attached hydrogens (tertiary/aromatic N) is 1. The lowest BCUT2D eigenvalue weighted by Crippen LogP contribution is -2.36. The molecule has 0 atom stereocenters. The fourth-order valence-corrected chi connectivity index (χ4v) is 2.34. The van der Waals surface area contributed by atoms with Crippen molar-refractivity contribution in [2.24, 2.45) is 0 Å². The molecule has 2 amide bonds. The van der Waals surface area contributed by atoms with Gasteiger partial charge in [0.15, 0.2) is 11.5 Å². The van der Waals surface area contributed by atoms with Gasteiger partial charge in [-0.15, -0.1) is 0 Å². The molecule has 26 heavy (non-hydrogen) atoms. The van der Waals surface area contributed by atoms with Crippen molar-refractivity contribution >= 4 is 17.5 Å². The van der Waals surface area contributed by atoms with Crippen molar-refractivity contribution in [2.45, 2.75) is 6.54 Å². The van der Waals surface area contributed by atoms with E-state index >= 15 is 0 Å². The van der Waals surface area contributed by atoms with Gasteiger partial charge in [-0.2, -0.15) is 0 Å². The molecule has 9 nitrogen and oxygen atoms in total. The maximum absolute atomic E-state index is 12.0. The van der Waals surface area contributed by atoms with Gasteiger partial charge in [-0.3, -0.25) is 19.7 Å². The predicted molar refractivity (Wildman–Crippen MR) is 89.8 cm³/mol. The van der Waals surface area contributed by atoms with Gasteiger partial charge in [0.25, 0.3) is 11.6 Å². The first-order valence-electron chi connectivity index (χ1n) is 7.71. The van der Waals surface area contributed by atoms with Crippen LogP contribution in [0.15, 0.2) is 42.5 Å². The molecule has 0 saturated heterocycles. The number of hydrogen-bond acceptors (Lipinski definition) is 6. The second-order valence-corrected chi connectivity index (χ2v) is 5.45. The van der Waals surface area contributed by atoms with E-state index in [0.29, 0.717) is 11.5 Å². The molecule has 0 fully saturated rings. The van der Waals surface area contributed by atoms with Crippen LogP contribution in [0.2, 0.25) is 0 Å². The van der Waals surface area contributed by atoms with Crippen LogP contribution in [0.25, 0.3) is 0 Å². The molecule has 134 valence electrons. The molecule has 0 unspecified atom stereocenters. The number of hydrogen-bond donors (Lipinski definition) is 2. The molecule has 0 radical (unpaired) electrons. The van der Waals surface area contributed by atoms with Crippen molar-refractivity contribution < 1.29 is 24.0 Å². The molecule has 1 aliphatic heterocycles. The Bertz CT molecular complexity index is 867. The molecule has 9 heteroatoms. The molecule has 0 spiro atoms. The lowest BCUT2D eigenvalue weighted by atomic mass is 10.2. The van der Waals surface area contributed by atoms with Gasteiger partial charge in [-0.25, -0.2) is 0 Å². The van der Waals surface area contributed by atoms with Gasteiger partial charge in [0.1, 0.15) is 0 Å². The van der Waals surface area contributed by atoms with E-state index in [-0.39, 0.29) is 37.0 Å². The van der Waals surface area contributed by atoms with Gasteiger partial charge in [0.05, 0.1) is 11.5 Å². The Morgan fingerprint density at radius 1 is 1.08 bits per heavy atom. The maximum atomic E-state index is 12.0. The smallest absolute Gasteiger partial charge is 0.270 e. The fourth-order valence-electron chi connectivity index (χ4n) is 2.34. The third-order valence-electron chi connectivity index (χ3n) is 3.66. The molecule has 0 bridgehead atoms. The number of ether oxygens (including phenoxy) is 2. The van der Waals surface area contributed by atoms with Gasteiger partial charge in [0, 0.05) is 24.2 Å². The van der Waals surface area contributed by atoms with Crippen molar-refractivity contribution in [1.82, 2.24) is 10.6 Å². The summed E-state index contributed by atoms with van der Waals surface area (Å²) in [6, 6.07) is 10.6. The van der Waals surface area contributed by atoms with Gasteiger partial charge in [0.2, 0.25) is 12.7 Å². The third kappa shape index (κ3) is 4.07. The quantitative estimate of drug-likeness (QED) is 0.595. The Balaban J connectivity index is 1.48. The molecule has 2 aromatic rings. The van der Waals surface area contributed by atoms with Gasteiger partial charge in [-0.05, 0) is 23.8 Å². The maximum Gasteiger partial charge on any atom is 0.270 e. The van der Waals surface area contributed by atoms with Gasteiger partial charge in [-0.1, -0.05) is 12.1 Å². The lowest BCUT2D eigenvalue weighted by molar-refractivity contribution is -0.384. The Hall–Kier alpha value is -3.62. The number of nitro benzene ring substituents is 1. The van der Waals surface area contributed by atoms with E-state index in [9.17, 15) is 19.7 Å². The monoisotopic (exact) mass is 357 g/mol. The number of benzene rings is 2. The van der Waals surface area contributed by atoms with Crippen LogP contribution in [0.5, 0.6) is 11.5 Å². The highest BCUT2D eigenvalue weighted by Crippen LogP contribution is 2.32. The number of carbonyl (C=O) groups excluding carboxylic acids is 2. The highest BCUT2D eigenvalue weighted by atomic mass is 16.7. The molecule has 0 aliphatic carbocycles. The summed E-state index contributed by atoms with van der Waals surface area (Å²) in [7, 11) is 0. The fraction of sp³-hybridized carbons (Fsp3) is 0.176. The molecule has 1 heterocycles. The first-order chi connectivity index (χ1) is 12.5. The van der Waals surface area contributed by atoms with Crippen LogP contribution in [0, 0.1) is 10.1 Å². The Labute approximate surface area is 148 Å². The molecular formula is C17H15N3O6. The van der Waals surface area contributed by atoms with Crippen molar-refractivity contribution in [3.8, 4) is 11.5 Å². The van der Waals surface area contributed by atoms with E-state index in [2.05, 4.69) is 10.6 Å². The summed E-state index contributed by atoms with van der Waals surface area (Å²) < 4.78 is 10.5. The normalized spacial score (nSPS) is 11.7. The largest absolute Gasteiger partial charge is 0.454 e. The van der Waals surface area contributed by atoms with Crippen LogP contribution in [0.1, 0.15) is 15.9 Å². The van der Waals surface area contributed by atoms with Crippen LogP contribution < -0.4 is 20.1 Å². The summed E-state index contributed by atoms with van der Waals surface area (Å²) in [6.07, 6.45) is 0. The average Bonchev–Trinajstić information content (AvgIpc) is 3.12. The van der Waals surface area contributed by atoms with Crippen LogP contribution in [0.4, 0.5) is 5.69 Å². The summed E-state index contributed by atoms with van der Waals surface area (Å²) in [4.78, 5) is 34.0.